The van der Waals surface area contributed by atoms with Gasteiger partial charge in [0.15, 0.2) is 10.7 Å². The zero-order valence-electron chi connectivity index (χ0n) is 27.9. The van der Waals surface area contributed by atoms with Crippen molar-refractivity contribution in [2.45, 2.75) is 77.0 Å². The Kier molecular flexibility index (Phi) is 12.0. The Morgan fingerprint density at radius 1 is 1.15 bits per heavy atom. The van der Waals surface area contributed by atoms with Gasteiger partial charge in [-0.05, 0) is 77.3 Å². The highest BCUT2D eigenvalue weighted by atomic mass is 32.2. The van der Waals surface area contributed by atoms with E-state index in [-0.39, 0.29) is 58.7 Å². The first-order valence-electron chi connectivity index (χ1n) is 15.9. The number of amides is 2. The van der Waals surface area contributed by atoms with E-state index in [0.717, 1.165) is 12.8 Å². The number of anilines is 1. The van der Waals surface area contributed by atoms with Gasteiger partial charge in [0, 0.05) is 43.9 Å². The predicted molar refractivity (Wildman–Crippen MR) is 177 cm³/mol. The van der Waals surface area contributed by atoms with E-state index in [0.29, 0.717) is 30.9 Å². The van der Waals surface area contributed by atoms with E-state index in [4.69, 9.17) is 14.0 Å². The number of carbonyl (C=O) groups excluding carboxylic acids is 2. The molecule has 1 aromatic heterocycles. The summed E-state index contributed by atoms with van der Waals surface area (Å²) in [5.74, 6) is -0.367. The normalized spacial score (nSPS) is 20.4. The zero-order valence-corrected chi connectivity index (χ0v) is 28.7. The average Bonchev–Trinajstić information content (AvgIpc) is 3.40. The number of aryl methyl sites for hydroxylation is 2. The SMILES string of the molecule is Cc1noc(C)c1S(=O)(=O)Nc1ccc2c(c1)C(=O)N([C@@H](C)CO)C[C@@H](C)[C@H](CN(C)C(=O)c1ccccc1)OCCCC[C@H](C)O2. The minimum Gasteiger partial charge on any atom is -0.490 e. The van der Waals surface area contributed by atoms with Crippen molar-refractivity contribution >= 4 is 27.5 Å². The minimum atomic E-state index is -4.09. The maximum atomic E-state index is 14.4. The van der Waals surface area contributed by atoms with Crippen LogP contribution in [0, 0.1) is 19.8 Å². The second kappa shape index (κ2) is 15.8. The Labute approximate surface area is 277 Å². The molecule has 2 aromatic carbocycles. The van der Waals surface area contributed by atoms with Crippen LogP contribution in [-0.4, -0.2) is 91.9 Å². The number of aromatic nitrogens is 1. The van der Waals surface area contributed by atoms with Gasteiger partial charge in [-0.3, -0.25) is 14.3 Å². The monoisotopic (exact) mass is 670 g/mol. The summed E-state index contributed by atoms with van der Waals surface area (Å²) < 4.78 is 46.8. The molecule has 3 aromatic rings. The molecule has 0 saturated carbocycles. The van der Waals surface area contributed by atoms with E-state index in [1.807, 2.05) is 32.0 Å². The summed E-state index contributed by atoms with van der Waals surface area (Å²) >= 11 is 0. The first-order valence-corrected chi connectivity index (χ1v) is 17.4. The molecule has 0 saturated heterocycles. The van der Waals surface area contributed by atoms with Crippen LogP contribution in [0.15, 0.2) is 57.9 Å². The van der Waals surface area contributed by atoms with Crippen LogP contribution < -0.4 is 9.46 Å². The zero-order chi connectivity index (χ0) is 34.3. The molecule has 0 unspecified atom stereocenters. The fourth-order valence-electron chi connectivity index (χ4n) is 5.67. The van der Waals surface area contributed by atoms with Crippen molar-refractivity contribution in [2.24, 2.45) is 5.92 Å². The number of sulfonamides is 1. The van der Waals surface area contributed by atoms with Gasteiger partial charge in [-0.15, -0.1) is 0 Å². The first-order chi connectivity index (χ1) is 22.3. The third-order valence-electron chi connectivity index (χ3n) is 8.36. The van der Waals surface area contributed by atoms with Crippen LogP contribution in [0.5, 0.6) is 5.75 Å². The van der Waals surface area contributed by atoms with Gasteiger partial charge in [0.2, 0.25) is 0 Å². The van der Waals surface area contributed by atoms with E-state index in [1.165, 1.54) is 19.9 Å². The van der Waals surface area contributed by atoms with Crippen molar-refractivity contribution in [3.8, 4) is 5.75 Å². The van der Waals surface area contributed by atoms with Gasteiger partial charge in [-0.2, -0.15) is 0 Å². The number of aliphatic hydroxyl groups is 1. The summed E-state index contributed by atoms with van der Waals surface area (Å²) in [4.78, 5) is 30.6. The molecule has 1 aliphatic rings. The summed E-state index contributed by atoms with van der Waals surface area (Å²) in [6.07, 6.45) is 1.63. The quantitative estimate of drug-likeness (QED) is 0.349. The van der Waals surface area contributed by atoms with Crippen molar-refractivity contribution in [3.05, 3.63) is 71.1 Å². The summed E-state index contributed by atoms with van der Waals surface area (Å²) in [6, 6.07) is 13.0. The highest BCUT2D eigenvalue weighted by Gasteiger charge is 2.32. The van der Waals surface area contributed by atoms with Crippen molar-refractivity contribution in [1.82, 2.24) is 15.0 Å². The predicted octanol–water partition coefficient (Wildman–Crippen LogP) is 4.66. The number of aliphatic hydroxyl groups excluding tert-OH is 1. The first kappa shape index (κ1) is 35.9. The molecule has 0 fully saturated rings. The Bertz CT molecular complexity index is 1610. The number of fused-ring (bicyclic) bond motifs is 1. The number of nitrogens with zero attached hydrogens (tertiary/aromatic N) is 3. The number of likely N-dealkylation sites (N-methyl/N-ethyl adjacent to an activating group) is 1. The molecule has 13 heteroatoms. The van der Waals surface area contributed by atoms with E-state index in [2.05, 4.69) is 9.88 Å². The topological polar surface area (TPSA) is 152 Å². The molecule has 4 atom stereocenters. The fourth-order valence-corrected chi connectivity index (χ4v) is 7.05. The standard InChI is InChI=1S/C34H46N4O8S/c1-22-19-38(23(2)21-39)34(41)29-18-28(36-47(42,43)32-25(4)35-46-26(32)5)15-16-30(29)45-24(3)12-10-11-17-44-31(22)20-37(6)33(40)27-13-8-7-9-14-27/h7-9,13-16,18,22-24,31,36,39H,10-12,17,19-21H2,1-6H3/t22-,23+,24+,31+/m1/s1. The van der Waals surface area contributed by atoms with E-state index in [9.17, 15) is 23.1 Å². The van der Waals surface area contributed by atoms with Crippen LogP contribution in [-0.2, 0) is 14.8 Å². The van der Waals surface area contributed by atoms with Crippen molar-refractivity contribution in [1.29, 1.82) is 0 Å². The smallest absolute Gasteiger partial charge is 0.267 e. The molecule has 0 bridgehead atoms. The molecule has 0 aliphatic carbocycles. The number of hydrogen-bond acceptors (Lipinski definition) is 9. The van der Waals surface area contributed by atoms with Crippen LogP contribution in [0.1, 0.15) is 72.2 Å². The van der Waals surface area contributed by atoms with Gasteiger partial charge < -0.3 is 28.9 Å². The summed E-state index contributed by atoms with van der Waals surface area (Å²) in [5.41, 5.74) is 1.09. The molecule has 47 heavy (non-hydrogen) atoms. The molecule has 0 radical (unpaired) electrons. The van der Waals surface area contributed by atoms with E-state index >= 15 is 0 Å². The van der Waals surface area contributed by atoms with Crippen LogP contribution in [0.3, 0.4) is 0 Å². The Balaban J connectivity index is 1.67. The van der Waals surface area contributed by atoms with Gasteiger partial charge in [0.25, 0.3) is 21.8 Å². The summed E-state index contributed by atoms with van der Waals surface area (Å²) in [7, 11) is -2.35. The van der Waals surface area contributed by atoms with Crippen molar-refractivity contribution < 1.29 is 37.1 Å². The third kappa shape index (κ3) is 8.91. The summed E-state index contributed by atoms with van der Waals surface area (Å²) in [6.45, 7) is 9.32. The van der Waals surface area contributed by atoms with Crippen LogP contribution in [0.2, 0.25) is 0 Å². The Hall–Kier alpha value is -3.94. The molecule has 4 rings (SSSR count). The molecule has 2 N–H and O–H groups in total. The Morgan fingerprint density at radius 3 is 2.53 bits per heavy atom. The van der Waals surface area contributed by atoms with Crippen LogP contribution in [0.25, 0.3) is 0 Å². The molecule has 0 spiro atoms. The van der Waals surface area contributed by atoms with Crippen molar-refractivity contribution in [2.75, 3.05) is 38.1 Å². The molecular formula is C34H46N4O8S. The van der Waals surface area contributed by atoms with Gasteiger partial charge in [-0.1, -0.05) is 30.3 Å². The van der Waals surface area contributed by atoms with Crippen LogP contribution in [0.4, 0.5) is 5.69 Å². The number of rotatable bonds is 8. The lowest BCUT2D eigenvalue weighted by atomic mass is 10.0. The molecule has 12 nitrogen and oxygen atoms in total. The second-order valence-electron chi connectivity index (χ2n) is 12.3. The van der Waals surface area contributed by atoms with Gasteiger partial charge in [0.05, 0.1) is 30.4 Å². The lowest BCUT2D eigenvalue weighted by Crippen LogP contribution is -2.48. The second-order valence-corrected chi connectivity index (χ2v) is 13.9. The lowest BCUT2D eigenvalue weighted by Gasteiger charge is -2.36. The molecule has 2 heterocycles. The Morgan fingerprint density at radius 2 is 1.87 bits per heavy atom. The third-order valence-corrected chi connectivity index (χ3v) is 9.99. The largest absolute Gasteiger partial charge is 0.490 e. The highest BCUT2D eigenvalue weighted by molar-refractivity contribution is 7.92. The lowest BCUT2D eigenvalue weighted by molar-refractivity contribution is -0.0149. The van der Waals surface area contributed by atoms with E-state index < -0.39 is 28.1 Å². The average molecular weight is 671 g/mol. The number of benzene rings is 2. The molecular weight excluding hydrogens is 624 g/mol. The highest BCUT2D eigenvalue weighted by Crippen LogP contribution is 2.30. The van der Waals surface area contributed by atoms with Crippen LogP contribution >= 0.6 is 0 Å². The fraction of sp³-hybridized carbons (Fsp3) is 0.500. The number of carbonyl (C=O) groups is 2. The molecule has 256 valence electrons. The van der Waals surface area contributed by atoms with Gasteiger partial charge in [0.1, 0.15) is 11.4 Å². The summed E-state index contributed by atoms with van der Waals surface area (Å²) in [5, 5.41) is 14.0. The maximum absolute atomic E-state index is 14.4. The number of ether oxygens (including phenoxy) is 2. The number of hydrogen-bond donors (Lipinski definition) is 2. The minimum absolute atomic E-state index is 0.0695. The van der Waals surface area contributed by atoms with Gasteiger partial charge in [-0.25, -0.2) is 8.42 Å². The van der Waals surface area contributed by atoms with E-state index in [1.54, 1.807) is 48.0 Å². The molecule has 1 aliphatic heterocycles. The maximum Gasteiger partial charge on any atom is 0.267 e. The van der Waals surface area contributed by atoms with Gasteiger partial charge >= 0.3 is 0 Å². The number of nitrogens with one attached hydrogen (secondary N) is 1. The molecule has 2 amide bonds. The van der Waals surface area contributed by atoms with Crippen molar-refractivity contribution in [3.63, 3.8) is 0 Å².